The highest BCUT2D eigenvalue weighted by Gasteiger charge is 2.18. The molecule has 112 valence electrons. The highest BCUT2D eigenvalue weighted by atomic mass is 16.5. The molecule has 0 aliphatic carbocycles. The smallest absolute Gasteiger partial charge is 0.0741 e. The van der Waals surface area contributed by atoms with Crippen molar-refractivity contribution in [1.82, 2.24) is 5.32 Å². The van der Waals surface area contributed by atoms with Gasteiger partial charge in [0.1, 0.15) is 0 Å². The van der Waals surface area contributed by atoms with Gasteiger partial charge in [0.25, 0.3) is 0 Å². The van der Waals surface area contributed by atoms with Crippen molar-refractivity contribution >= 4 is 5.69 Å². The maximum absolute atomic E-state index is 10.0. The molecule has 0 radical (unpaired) electrons. The van der Waals surface area contributed by atoms with Crippen molar-refractivity contribution in [3.05, 3.63) is 29.8 Å². The van der Waals surface area contributed by atoms with E-state index in [9.17, 15) is 5.11 Å². The molecule has 1 atom stereocenters. The Morgan fingerprint density at radius 2 is 2.00 bits per heavy atom. The van der Waals surface area contributed by atoms with Crippen LogP contribution < -0.4 is 10.2 Å². The van der Waals surface area contributed by atoms with E-state index in [0.29, 0.717) is 6.54 Å². The van der Waals surface area contributed by atoms with Crippen LogP contribution in [0.1, 0.15) is 25.8 Å². The number of rotatable bonds is 6. The van der Waals surface area contributed by atoms with E-state index in [2.05, 4.69) is 34.5 Å². The maximum Gasteiger partial charge on any atom is 0.0741 e. The lowest BCUT2D eigenvalue weighted by Crippen LogP contribution is -2.38. The number of ether oxygens (including phenoxy) is 1. The highest BCUT2D eigenvalue weighted by Crippen LogP contribution is 2.21. The van der Waals surface area contributed by atoms with Gasteiger partial charge in [0.05, 0.1) is 18.8 Å². The zero-order chi connectivity index (χ0) is 14.4. The summed E-state index contributed by atoms with van der Waals surface area (Å²) < 4.78 is 5.41. The van der Waals surface area contributed by atoms with Crippen LogP contribution in [-0.4, -0.2) is 43.6 Å². The molecule has 4 nitrogen and oxygen atoms in total. The molecule has 1 fully saturated rings. The first kappa shape index (κ1) is 15.3. The van der Waals surface area contributed by atoms with Crippen LogP contribution in [0.5, 0.6) is 0 Å². The molecule has 2 rings (SSSR count). The molecular formula is C16H26N2O2. The van der Waals surface area contributed by atoms with Crippen LogP contribution in [0.15, 0.2) is 24.3 Å². The third-order valence-corrected chi connectivity index (χ3v) is 3.93. The van der Waals surface area contributed by atoms with Crippen molar-refractivity contribution in [2.45, 2.75) is 32.4 Å². The average Bonchev–Trinajstić information content (AvgIpc) is 2.48. The second kappa shape index (κ2) is 7.07. The first-order chi connectivity index (χ1) is 9.62. The van der Waals surface area contributed by atoms with Gasteiger partial charge < -0.3 is 20.1 Å². The third kappa shape index (κ3) is 4.20. The minimum atomic E-state index is -0.631. The van der Waals surface area contributed by atoms with Gasteiger partial charge in [0.2, 0.25) is 0 Å². The molecule has 4 heteroatoms. The van der Waals surface area contributed by atoms with Crippen LogP contribution in [0, 0.1) is 0 Å². The SMILES string of the molecule is CCC(C)(O)CNCc1ccccc1N1CCOCC1. The van der Waals surface area contributed by atoms with Crippen LogP contribution in [0.2, 0.25) is 0 Å². The summed E-state index contributed by atoms with van der Waals surface area (Å²) in [4.78, 5) is 2.37. The topological polar surface area (TPSA) is 44.7 Å². The Morgan fingerprint density at radius 1 is 1.30 bits per heavy atom. The summed E-state index contributed by atoms with van der Waals surface area (Å²) >= 11 is 0. The number of hydrogen-bond donors (Lipinski definition) is 2. The van der Waals surface area contributed by atoms with E-state index in [0.717, 1.165) is 39.3 Å². The number of aliphatic hydroxyl groups is 1. The molecule has 1 aliphatic rings. The van der Waals surface area contributed by atoms with Gasteiger partial charge >= 0.3 is 0 Å². The fourth-order valence-electron chi connectivity index (χ4n) is 2.36. The Hall–Kier alpha value is -1.10. The van der Waals surface area contributed by atoms with Gasteiger partial charge in [-0.05, 0) is 25.0 Å². The van der Waals surface area contributed by atoms with Crippen molar-refractivity contribution in [3.8, 4) is 0 Å². The number of hydrogen-bond acceptors (Lipinski definition) is 4. The van der Waals surface area contributed by atoms with E-state index >= 15 is 0 Å². The second-order valence-corrected chi connectivity index (χ2v) is 5.68. The number of benzene rings is 1. The Balaban J connectivity index is 1.97. The van der Waals surface area contributed by atoms with Gasteiger partial charge in [-0.25, -0.2) is 0 Å². The van der Waals surface area contributed by atoms with Crippen molar-refractivity contribution in [3.63, 3.8) is 0 Å². The van der Waals surface area contributed by atoms with Crippen LogP contribution in [-0.2, 0) is 11.3 Å². The molecule has 0 aromatic heterocycles. The van der Waals surface area contributed by atoms with Gasteiger partial charge in [0.15, 0.2) is 0 Å². The third-order valence-electron chi connectivity index (χ3n) is 3.93. The normalized spacial score (nSPS) is 18.9. The highest BCUT2D eigenvalue weighted by molar-refractivity contribution is 5.53. The molecule has 1 heterocycles. The molecule has 0 spiro atoms. The van der Waals surface area contributed by atoms with E-state index in [-0.39, 0.29) is 0 Å². The number of nitrogens with zero attached hydrogens (tertiary/aromatic N) is 1. The quantitative estimate of drug-likeness (QED) is 0.832. The molecular weight excluding hydrogens is 252 g/mol. The first-order valence-corrected chi connectivity index (χ1v) is 7.46. The molecule has 0 bridgehead atoms. The molecule has 20 heavy (non-hydrogen) atoms. The molecule has 0 saturated carbocycles. The Kier molecular flexibility index (Phi) is 5.40. The lowest BCUT2D eigenvalue weighted by molar-refractivity contribution is 0.0555. The number of para-hydroxylation sites is 1. The lowest BCUT2D eigenvalue weighted by atomic mass is 10.0. The predicted molar refractivity (Wildman–Crippen MR) is 82.1 cm³/mol. The average molecular weight is 278 g/mol. The van der Waals surface area contributed by atoms with Crippen LogP contribution in [0.3, 0.4) is 0 Å². The minimum absolute atomic E-state index is 0.612. The van der Waals surface area contributed by atoms with Gasteiger partial charge in [-0.2, -0.15) is 0 Å². The molecule has 1 saturated heterocycles. The summed E-state index contributed by atoms with van der Waals surface area (Å²) in [6.45, 7) is 8.76. The molecule has 1 aromatic rings. The van der Waals surface area contributed by atoms with Crippen LogP contribution in [0.4, 0.5) is 5.69 Å². The lowest BCUT2D eigenvalue weighted by Gasteiger charge is -2.31. The van der Waals surface area contributed by atoms with Crippen molar-refractivity contribution in [1.29, 1.82) is 0 Å². The van der Waals surface area contributed by atoms with E-state index in [4.69, 9.17) is 4.74 Å². The van der Waals surface area contributed by atoms with Gasteiger partial charge in [-0.3, -0.25) is 0 Å². The summed E-state index contributed by atoms with van der Waals surface area (Å²) in [5.41, 5.74) is 1.93. The Labute approximate surface area is 121 Å². The zero-order valence-electron chi connectivity index (χ0n) is 12.6. The van der Waals surface area contributed by atoms with Gasteiger partial charge in [-0.1, -0.05) is 25.1 Å². The van der Waals surface area contributed by atoms with Gasteiger partial charge in [0, 0.05) is 31.9 Å². The van der Waals surface area contributed by atoms with E-state index in [1.54, 1.807) is 0 Å². The summed E-state index contributed by atoms with van der Waals surface area (Å²) in [5.74, 6) is 0. The monoisotopic (exact) mass is 278 g/mol. The number of morpholine rings is 1. The number of nitrogens with one attached hydrogen (secondary N) is 1. The Morgan fingerprint density at radius 3 is 2.70 bits per heavy atom. The first-order valence-electron chi connectivity index (χ1n) is 7.46. The fourth-order valence-corrected chi connectivity index (χ4v) is 2.36. The minimum Gasteiger partial charge on any atom is -0.389 e. The predicted octanol–water partition coefficient (Wildman–Crippen LogP) is 1.77. The molecule has 1 aliphatic heterocycles. The molecule has 0 amide bonds. The van der Waals surface area contributed by atoms with Crippen molar-refractivity contribution < 1.29 is 9.84 Å². The van der Waals surface area contributed by atoms with Crippen molar-refractivity contribution in [2.75, 3.05) is 37.7 Å². The summed E-state index contributed by atoms with van der Waals surface area (Å²) in [6, 6.07) is 8.47. The molecule has 2 N–H and O–H groups in total. The van der Waals surface area contributed by atoms with Gasteiger partial charge in [-0.15, -0.1) is 0 Å². The summed E-state index contributed by atoms with van der Waals surface area (Å²) in [6.07, 6.45) is 0.755. The fraction of sp³-hybridized carbons (Fsp3) is 0.625. The van der Waals surface area contributed by atoms with E-state index in [1.807, 2.05) is 13.8 Å². The van der Waals surface area contributed by atoms with Crippen LogP contribution in [0.25, 0.3) is 0 Å². The largest absolute Gasteiger partial charge is 0.389 e. The molecule has 1 unspecified atom stereocenters. The second-order valence-electron chi connectivity index (χ2n) is 5.68. The van der Waals surface area contributed by atoms with E-state index in [1.165, 1.54) is 11.3 Å². The number of anilines is 1. The summed E-state index contributed by atoms with van der Waals surface area (Å²) in [7, 11) is 0. The summed E-state index contributed by atoms with van der Waals surface area (Å²) in [5, 5.41) is 13.4. The zero-order valence-corrected chi connectivity index (χ0v) is 12.6. The van der Waals surface area contributed by atoms with E-state index < -0.39 is 5.60 Å². The molecule has 1 aromatic carbocycles. The van der Waals surface area contributed by atoms with Crippen molar-refractivity contribution in [2.24, 2.45) is 0 Å². The van der Waals surface area contributed by atoms with Crippen LogP contribution >= 0.6 is 0 Å². The Bertz CT molecular complexity index is 415. The standard InChI is InChI=1S/C16H26N2O2/c1-3-16(2,19)13-17-12-14-6-4-5-7-15(14)18-8-10-20-11-9-18/h4-7,17,19H,3,8-13H2,1-2H3. The maximum atomic E-state index is 10.0.